The molecule has 0 aliphatic rings. The molecule has 0 rings (SSSR count). The van der Waals surface area contributed by atoms with Crippen LogP contribution in [-0.4, -0.2) is 143 Å². The van der Waals surface area contributed by atoms with Crippen LogP contribution in [0.4, 0.5) is 0 Å². The summed E-state index contributed by atoms with van der Waals surface area (Å²) in [5.74, 6) is -3.12. The van der Waals surface area contributed by atoms with Crippen LogP contribution in [-0.2, 0) is 52.5 Å². The van der Waals surface area contributed by atoms with Crippen molar-refractivity contribution in [3.63, 3.8) is 0 Å². The minimum absolute atomic E-state index is 0.0180. The van der Waals surface area contributed by atoms with Crippen molar-refractivity contribution >= 4 is 50.3 Å². The minimum Gasteiger partial charge on any atom is -0.481 e. The second kappa shape index (κ2) is 42.0. The van der Waals surface area contributed by atoms with E-state index in [1.165, 1.54) is 44.9 Å². The first kappa shape index (κ1) is 57.7. The maximum absolute atomic E-state index is 12.3. The molecule has 0 saturated carbocycles. The van der Waals surface area contributed by atoms with Gasteiger partial charge in [0.2, 0.25) is 23.6 Å². The Morgan fingerprint density at radius 1 is 0.459 bits per heavy atom. The number of rotatable bonds is 45. The van der Waals surface area contributed by atoms with Crippen LogP contribution in [0, 0.1) is 0 Å². The number of amides is 4. The number of unbranched alkanes of at least 4 members (excludes halogenated alkanes) is 14. The molecule has 7 N–H and O–H groups in total. The molecule has 3 atom stereocenters. The number of carboxylic acid groups (broad SMARTS) is 2. The molecule has 2 unspecified atom stereocenters. The average Bonchev–Trinajstić information content (AvgIpc) is 3.22. The first-order valence-electron chi connectivity index (χ1n) is 22.3. The molecule has 18 nitrogen and oxygen atoms in total. The maximum Gasteiger partial charge on any atom is 0.326 e. The van der Waals surface area contributed by atoms with E-state index in [4.69, 9.17) is 24.1 Å². The fourth-order valence-corrected chi connectivity index (χ4v) is 6.43. The molecule has 0 aromatic rings. The molecule has 0 heterocycles. The smallest absolute Gasteiger partial charge is 0.326 e. The summed E-state index contributed by atoms with van der Waals surface area (Å²) in [5.41, 5.74) is 0.0180. The molecule has 0 fully saturated rings. The Bertz CT molecular complexity index is 1200. The van der Waals surface area contributed by atoms with Crippen LogP contribution < -0.4 is 26.6 Å². The van der Waals surface area contributed by atoms with Crippen LogP contribution in [0.25, 0.3) is 0 Å². The molecular formula is C42H78N5O13P. The number of aliphatic carboxylic acids is 2. The molecule has 0 aromatic heterocycles. The number of hydrogen-bond donors (Lipinski definition) is 7. The zero-order valence-electron chi connectivity index (χ0n) is 36.7. The minimum atomic E-state index is -1.18. The molecule has 19 heteroatoms. The van der Waals surface area contributed by atoms with Gasteiger partial charge in [0.1, 0.15) is 19.3 Å². The van der Waals surface area contributed by atoms with Crippen molar-refractivity contribution in [3.8, 4) is 0 Å². The second-order valence-electron chi connectivity index (χ2n) is 15.0. The van der Waals surface area contributed by atoms with Gasteiger partial charge in [-0.05, 0) is 45.6 Å². The van der Waals surface area contributed by atoms with Gasteiger partial charge in [-0.15, -0.1) is 0 Å². The lowest BCUT2D eigenvalue weighted by molar-refractivity contribution is -0.142. The van der Waals surface area contributed by atoms with Crippen LogP contribution in [0.5, 0.6) is 0 Å². The molecule has 0 bridgehead atoms. The lowest BCUT2D eigenvalue weighted by atomic mass is 10.0. The van der Waals surface area contributed by atoms with E-state index in [1.807, 2.05) is 0 Å². The highest BCUT2D eigenvalue weighted by Gasteiger charge is 2.21. The monoisotopic (exact) mass is 892 g/mol. The van der Waals surface area contributed by atoms with Crippen LogP contribution in [0.2, 0.25) is 0 Å². The Kier molecular flexibility index (Phi) is 39.8. The number of carbonyl (C=O) groups excluding carboxylic acids is 5. The summed E-state index contributed by atoms with van der Waals surface area (Å²) < 4.78 is 21.3. The fraction of sp³-hybridized carbons (Fsp3) is 0.833. The average molecular weight is 892 g/mol. The lowest BCUT2D eigenvalue weighted by Crippen LogP contribution is -2.41. The Morgan fingerprint density at radius 2 is 0.902 bits per heavy atom. The summed E-state index contributed by atoms with van der Waals surface area (Å²) in [5, 5.41) is 31.7. The van der Waals surface area contributed by atoms with E-state index in [-0.39, 0.29) is 127 Å². The quantitative estimate of drug-likeness (QED) is 0.0343. The van der Waals surface area contributed by atoms with E-state index in [0.717, 1.165) is 51.4 Å². The van der Waals surface area contributed by atoms with Gasteiger partial charge in [0.25, 0.3) is 0 Å². The van der Waals surface area contributed by atoms with Crippen molar-refractivity contribution in [2.75, 3.05) is 79.5 Å². The van der Waals surface area contributed by atoms with Crippen LogP contribution >= 0.6 is 9.24 Å². The summed E-state index contributed by atoms with van der Waals surface area (Å²) in [7, 11) is 3.92. The van der Waals surface area contributed by atoms with Crippen LogP contribution in [0.3, 0.4) is 0 Å². The first-order valence-corrected chi connectivity index (χ1v) is 22.9. The number of carbonyl (C=O) groups is 7. The third-order valence-corrected chi connectivity index (χ3v) is 10.0. The van der Waals surface area contributed by atoms with Crippen molar-refractivity contribution < 1.29 is 62.7 Å². The Morgan fingerprint density at radius 3 is 1.36 bits per heavy atom. The van der Waals surface area contributed by atoms with Crippen molar-refractivity contribution in [2.24, 2.45) is 0 Å². The summed E-state index contributed by atoms with van der Waals surface area (Å²) in [6, 6.07) is -1.33. The molecule has 0 aliphatic carbocycles. The highest BCUT2D eigenvalue weighted by Crippen LogP contribution is 2.14. The number of carboxylic acids is 2. The number of ether oxygens (including phenoxy) is 4. The fourth-order valence-electron chi connectivity index (χ4n) is 6.10. The molecule has 0 aliphatic heterocycles. The normalized spacial score (nSPS) is 12.0. The highest BCUT2D eigenvalue weighted by molar-refractivity contribution is 7.40. The van der Waals surface area contributed by atoms with E-state index in [2.05, 4.69) is 35.8 Å². The molecule has 0 aromatic carbocycles. The van der Waals surface area contributed by atoms with Crippen molar-refractivity contribution in [3.05, 3.63) is 0 Å². The van der Waals surface area contributed by atoms with E-state index in [0.29, 0.717) is 19.4 Å². The summed E-state index contributed by atoms with van der Waals surface area (Å²) in [6.45, 7) is 2.09. The molecule has 0 saturated heterocycles. The number of nitrogens with one attached hydrogen (secondary N) is 5. The SMILES string of the molecule is CN[C@@H](CCCCNC(=O)COCCOCCNC(=O)COCCOCCNC(=O)CCC(NC(=O)CCCCCCCCCCCCCCCCC(=O)O)C(=O)O)C(=O)P. The summed E-state index contributed by atoms with van der Waals surface area (Å²) in [4.78, 5) is 81.8. The van der Waals surface area contributed by atoms with Gasteiger partial charge in [-0.2, -0.15) is 0 Å². The van der Waals surface area contributed by atoms with Gasteiger partial charge in [-0.25, -0.2) is 4.79 Å². The van der Waals surface area contributed by atoms with Gasteiger partial charge in [0.15, 0.2) is 5.52 Å². The van der Waals surface area contributed by atoms with Crippen molar-refractivity contribution in [2.45, 2.75) is 147 Å². The lowest BCUT2D eigenvalue weighted by Gasteiger charge is -2.14. The van der Waals surface area contributed by atoms with Gasteiger partial charge in [-0.3, -0.25) is 28.8 Å². The Hall–Kier alpha value is -3.28. The third-order valence-electron chi connectivity index (χ3n) is 9.62. The largest absolute Gasteiger partial charge is 0.481 e. The molecule has 61 heavy (non-hydrogen) atoms. The zero-order valence-corrected chi connectivity index (χ0v) is 37.9. The van der Waals surface area contributed by atoms with Crippen molar-refractivity contribution in [1.29, 1.82) is 0 Å². The molecule has 0 radical (unpaired) electrons. The van der Waals surface area contributed by atoms with Crippen molar-refractivity contribution in [1.82, 2.24) is 26.6 Å². The van der Waals surface area contributed by atoms with E-state index in [9.17, 15) is 38.7 Å². The van der Waals surface area contributed by atoms with E-state index in [1.54, 1.807) is 7.05 Å². The van der Waals surface area contributed by atoms with Gasteiger partial charge >= 0.3 is 11.9 Å². The topological polar surface area (TPSA) is 257 Å². The van der Waals surface area contributed by atoms with Gasteiger partial charge in [0, 0.05) is 38.9 Å². The van der Waals surface area contributed by atoms with Gasteiger partial charge in [-0.1, -0.05) is 86.3 Å². The molecule has 354 valence electrons. The molecular weight excluding hydrogens is 813 g/mol. The summed E-state index contributed by atoms with van der Waals surface area (Å²) >= 11 is 0. The predicted molar refractivity (Wildman–Crippen MR) is 234 cm³/mol. The van der Waals surface area contributed by atoms with Crippen LogP contribution in [0.1, 0.15) is 135 Å². The van der Waals surface area contributed by atoms with E-state index >= 15 is 0 Å². The zero-order chi connectivity index (χ0) is 45.2. The third kappa shape index (κ3) is 40.5. The number of likely N-dealkylation sites (N-methyl/N-ethyl adjacent to an activating group) is 1. The van der Waals surface area contributed by atoms with Crippen LogP contribution in [0.15, 0.2) is 0 Å². The summed E-state index contributed by atoms with van der Waals surface area (Å²) in [6.07, 6.45) is 17.8. The van der Waals surface area contributed by atoms with Gasteiger partial charge in [0.05, 0.1) is 45.7 Å². The van der Waals surface area contributed by atoms with Gasteiger partial charge < -0.3 is 55.7 Å². The molecule has 0 spiro atoms. The first-order chi connectivity index (χ1) is 29.5. The van der Waals surface area contributed by atoms with E-state index < -0.39 is 18.0 Å². The Labute approximate surface area is 365 Å². The standard InChI is InChI=1S/C42H78N5O13P/c1-43-35(42(56)61)18-16-17-23-44-38(50)32-59-30-29-58-27-25-46-39(51)33-60-31-28-57-26-24-45-36(48)22-21-34(41(54)55)47-37(49)19-14-12-10-8-6-4-2-3-5-7-9-11-13-15-20-40(52)53/h34-35,43H,2-33,61H2,1H3,(H,44,50)(H,45,48)(H,46,51)(H,47,49)(H,52,53)(H,54,55)/t34?,35-/m0/s1. The highest BCUT2D eigenvalue weighted by atomic mass is 31.0. The second-order valence-corrected chi connectivity index (χ2v) is 15.5. The predicted octanol–water partition coefficient (Wildman–Crippen LogP) is 3.24. The molecule has 4 amide bonds. The Balaban J connectivity index is 3.65. The number of hydrogen-bond acceptors (Lipinski definition) is 12. The maximum atomic E-state index is 12.3.